The van der Waals surface area contributed by atoms with Gasteiger partial charge < -0.3 is 9.78 Å². The van der Waals surface area contributed by atoms with Crippen molar-refractivity contribution in [1.29, 1.82) is 0 Å². The second-order valence-electron chi connectivity index (χ2n) is 5.29. The summed E-state index contributed by atoms with van der Waals surface area (Å²) in [5, 5.41) is 1.92. The molecule has 3 aromatic rings. The van der Waals surface area contributed by atoms with E-state index in [0.29, 0.717) is 0 Å². The lowest BCUT2D eigenvalue weighted by molar-refractivity contribution is -0.111. The molecule has 1 N–H and O–H groups in total. The molecule has 0 bridgehead atoms. The van der Waals surface area contributed by atoms with E-state index < -0.39 is 0 Å². The molecular formula is C18H16ClNO. The van der Waals surface area contributed by atoms with E-state index in [9.17, 15) is 4.79 Å². The molecule has 0 fully saturated rings. The van der Waals surface area contributed by atoms with Crippen molar-refractivity contribution in [2.24, 2.45) is 5.92 Å². The molecule has 0 saturated heterocycles. The van der Waals surface area contributed by atoms with Gasteiger partial charge in [-0.15, -0.1) is 0 Å². The number of halogens is 1. The molecule has 0 radical (unpaired) electrons. The molecule has 0 aliphatic heterocycles. The zero-order valence-electron chi connectivity index (χ0n) is 11.6. The Morgan fingerprint density at radius 1 is 1.05 bits per heavy atom. The molecule has 106 valence electrons. The Morgan fingerprint density at radius 3 is 2.57 bits per heavy atom. The predicted molar refractivity (Wildman–Crippen MR) is 86.7 cm³/mol. The number of hydrogen-bond acceptors (Lipinski definition) is 1. The summed E-state index contributed by atoms with van der Waals surface area (Å²) in [6.07, 6.45) is 4.54. The molecule has 21 heavy (non-hydrogen) atoms. The van der Waals surface area contributed by atoms with E-state index in [1.165, 1.54) is 10.9 Å². The van der Waals surface area contributed by atoms with E-state index in [0.717, 1.165) is 35.2 Å². The van der Waals surface area contributed by atoms with Gasteiger partial charge in [0.15, 0.2) is 0 Å². The lowest BCUT2D eigenvalue weighted by Crippen LogP contribution is -2.09. The van der Waals surface area contributed by atoms with Crippen molar-refractivity contribution >= 4 is 28.8 Å². The van der Waals surface area contributed by atoms with Crippen molar-refractivity contribution in [3.63, 3.8) is 0 Å². The minimum Gasteiger partial charge on any atom is -0.361 e. The highest BCUT2D eigenvalue weighted by atomic mass is 35.5. The number of aromatic nitrogens is 1. The molecule has 0 saturated carbocycles. The molecule has 0 spiro atoms. The van der Waals surface area contributed by atoms with Gasteiger partial charge in [-0.3, -0.25) is 0 Å². The van der Waals surface area contributed by atoms with Crippen LogP contribution in [0.15, 0.2) is 54.7 Å². The van der Waals surface area contributed by atoms with Gasteiger partial charge in [0.25, 0.3) is 0 Å². The van der Waals surface area contributed by atoms with Gasteiger partial charge in [-0.25, -0.2) is 0 Å². The Kier molecular flexibility index (Phi) is 4.07. The van der Waals surface area contributed by atoms with Gasteiger partial charge in [0.2, 0.25) is 0 Å². The van der Waals surface area contributed by atoms with Crippen molar-refractivity contribution in [1.82, 2.24) is 4.98 Å². The first-order chi connectivity index (χ1) is 10.3. The third kappa shape index (κ3) is 3.17. The van der Waals surface area contributed by atoms with Crippen molar-refractivity contribution in [2.75, 3.05) is 0 Å². The monoisotopic (exact) mass is 297 g/mol. The number of nitrogens with one attached hydrogen (secondary N) is 1. The van der Waals surface area contributed by atoms with Gasteiger partial charge in [-0.2, -0.15) is 0 Å². The minimum absolute atomic E-state index is 0.0228. The van der Waals surface area contributed by atoms with Crippen LogP contribution in [-0.2, 0) is 17.6 Å². The van der Waals surface area contributed by atoms with Crippen LogP contribution >= 0.6 is 11.6 Å². The maximum absolute atomic E-state index is 11.4. The molecule has 1 aromatic heterocycles. The van der Waals surface area contributed by atoms with Crippen LogP contribution < -0.4 is 0 Å². The number of aromatic amines is 1. The topological polar surface area (TPSA) is 32.9 Å². The maximum Gasteiger partial charge on any atom is 0.123 e. The Bertz CT molecular complexity index is 745. The van der Waals surface area contributed by atoms with E-state index in [1.54, 1.807) is 0 Å². The highest BCUT2D eigenvalue weighted by Crippen LogP contribution is 2.22. The van der Waals surface area contributed by atoms with Crippen molar-refractivity contribution in [3.05, 3.63) is 70.9 Å². The van der Waals surface area contributed by atoms with Crippen LogP contribution in [0.1, 0.15) is 11.1 Å². The lowest BCUT2D eigenvalue weighted by atomic mass is 9.93. The number of H-pyrrole nitrogens is 1. The standard InChI is InChI=1S/C18H16ClNO/c19-16-7-5-13(6-8-16)9-14(12-21)10-15-11-20-18-4-2-1-3-17(15)18/h1-8,11-12,14,20H,9-10H2. The molecule has 1 atom stereocenters. The Balaban J connectivity index is 1.78. The zero-order valence-corrected chi connectivity index (χ0v) is 12.3. The number of carbonyl (C=O) groups is 1. The molecule has 2 aromatic carbocycles. The van der Waals surface area contributed by atoms with Crippen LogP contribution in [0.5, 0.6) is 0 Å². The normalized spacial score (nSPS) is 12.4. The summed E-state index contributed by atoms with van der Waals surface area (Å²) in [6, 6.07) is 15.9. The van der Waals surface area contributed by atoms with Crippen LogP contribution in [0.3, 0.4) is 0 Å². The summed E-state index contributed by atoms with van der Waals surface area (Å²) in [4.78, 5) is 14.7. The molecule has 2 nitrogen and oxygen atoms in total. The molecule has 0 amide bonds. The average Bonchev–Trinajstić information content (AvgIpc) is 2.92. The van der Waals surface area contributed by atoms with E-state index >= 15 is 0 Å². The van der Waals surface area contributed by atoms with Crippen LogP contribution in [0.25, 0.3) is 10.9 Å². The van der Waals surface area contributed by atoms with Gasteiger partial charge in [0.05, 0.1) is 0 Å². The Hall–Kier alpha value is -2.06. The van der Waals surface area contributed by atoms with E-state index in [-0.39, 0.29) is 5.92 Å². The molecule has 3 rings (SSSR count). The zero-order chi connectivity index (χ0) is 14.7. The van der Waals surface area contributed by atoms with E-state index in [2.05, 4.69) is 11.1 Å². The number of aldehydes is 1. The third-order valence-electron chi connectivity index (χ3n) is 3.76. The first-order valence-corrected chi connectivity index (χ1v) is 7.39. The summed E-state index contributed by atoms with van der Waals surface area (Å²) >= 11 is 5.89. The number of carbonyl (C=O) groups excluding carboxylic acids is 1. The molecule has 0 aliphatic carbocycles. The fourth-order valence-electron chi connectivity index (χ4n) is 2.67. The fourth-order valence-corrected chi connectivity index (χ4v) is 2.80. The van der Waals surface area contributed by atoms with Gasteiger partial charge in [0.1, 0.15) is 6.29 Å². The quantitative estimate of drug-likeness (QED) is 0.695. The highest BCUT2D eigenvalue weighted by molar-refractivity contribution is 6.30. The Morgan fingerprint density at radius 2 is 1.81 bits per heavy atom. The predicted octanol–water partition coefficient (Wildman–Crippen LogP) is 4.42. The molecular weight excluding hydrogens is 282 g/mol. The summed E-state index contributed by atoms with van der Waals surface area (Å²) in [7, 11) is 0. The molecule has 1 unspecified atom stereocenters. The second kappa shape index (κ2) is 6.15. The number of rotatable bonds is 5. The van der Waals surface area contributed by atoms with Crippen molar-refractivity contribution in [3.8, 4) is 0 Å². The minimum atomic E-state index is -0.0228. The number of benzene rings is 2. The average molecular weight is 298 g/mol. The summed E-state index contributed by atoms with van der Waals surface area (Å²) in [5.74, 6) is -0.0228. The Labute approximate surface area is 128 Å². The second-order valence-corrected chi connectivity index (χ2v) is 5.73. The van der Waals surface area contributed by atoms with Crippen LogP contribution in [0.2, 0.25) is 5.02 Å². The van der Waals surface area contributed by atoms with Crippen LogP contribution in [-0.4, -0.2) is 11.3 Å². The summed E-state index contributed by atoms with van der Waals surface area (Å²) in [5.41, 5.74) is 3.44. The number of hydrogen-bond donors (Lipinski definition) is 1. The first kappa shape index (κ1) is 13.9. The largest absolute Gasteiger partial charge is 0.361 e. The molecule has 3 heteroatoms. The van der Waals surface area contributed by atoms with E-state index in [4.69, 9.17) is 11.6 Å². The summed E-state index contributed by atoms with van der Waals surface area (Å²) < 4.78 is 0. The van der Waals surface area contributed by atoms with Crippen molar-refractivity contribution < 1.29 is 4.79 Å². The van der Waals surface area contributed by atoms with E-state index in [1.807, 2.05) is 48.7 Å². The van der Waals surface area contributed by atoms with Crippen molar-refractivity contribution in [2.45, 2.75) is 12.8 Å². The van der Waals surface area contributed by atoms with Crippen LogP contribution in [0, 0.1) is 5.92 Å². The van der Waals surface area contributed by atoms with Gasteiger partial charge in [0, 0.05) is 28.0 Å². The van der Waals surface area contributed by atoms with Gasteiger partial charge in [-0.05, 0) is 42.2 Å². The molecule has 1 heterocycles. The highest BCUT2D eigenvalue weighted by Gasteiger charge is 2.12. The summed E-state index contributed by atoms with van der Waals surface area (Å²) in [6.45, 7) is 0. The third-order valence-corrected chi connectivity index (χ3v) is 4.01. The maximum atomic E-state index is 11.4. The fraction of sp³-hybridized carbons (Fsp3) is 0.167. The number of para-hydroxylation sites is 1. The van der Waals surface area contributed by atoms with Gasteiger partial charge in [-0.1, -0.05) is 41.9 Å². The van der Waals surface area contributed by atoms with Gasteiger partial charge >= 0.3 is 0 Å². The molecule has 0 aliphatic rings. The van der Waals surface area contributed by atoms with Crippen LogP contribution in [0.4, 0.5) is 0 Å². The smallest absolute Gasteiger partial charge is 0.123 e. The SMILES string of the molecule is O=CC(Cc1ccc(Cl)cc1)Cc1c[nH]c2ccccc12. The number of fused-ring (bicyclic) bond motifs is 1. The first-order valence-electron chi connectivity index (χ1n) is 7.01. The lowest BCUT2D eigenvalue weighted by Gasteiger charge is -2.10.